The number of nitriles is 1. The summed E-state index contributed by atoms with van der Waals surface area (Å²) >= 11 is 0. The minimum absolute atomic E-state index is 0.0347. The van der Waals surface area contributed by atoms with E-state index in [0.717, 1.165) is 23.2 Å². The van der Waals surface area contributed by atoms with E-state index in [1.807, 2.05) is 6.07 Å². The fourth-order valence-corrected chi connectivity index (χ4v) is 3.83. The second kappa shape index (κ2) is 6.98. The molecule has 0 saturated carbocycles. The number of hydrogen-bond acceptors (Lipinski definition) is 4. The van der Waals surface area contributed by atoms with Gasteiger partial charge >= 0.3 is 0 Å². The Morgan fingerprint density at radius 1 is 1.43 bits per heavy atom. The van der Waals surface area contributed by atoms with Crippen LogP contribution in [0.15, 0.2) is 29.2 Å². The minimum Gasteiger partial charge on any atom is -0.377 e. The van der Waals surface area contributed by atoms with Crippen LogP contribution in [0.2, 0.25) is 0 Å². The molecule has 1 fully saturated rings. The fourth-order valence-electron chi connectivity index (χ4n) is 2.29. The lowest BCUT2D eigenvalue weighted by atomic mass is 10.2. The van der Waals surface area contributed by atoms with E-state index in [4.69, 9.17) is 10.00 Å². The van der Waals surface area contributed by atoms with Crippen LogP contribution < -0.4 is 0 Å². The Labute approximate surface area is 124 Å². The number of rotatable bonds is 6. The lowest BCUT2D eigenvalue weighted by Gasteiger charge is -2.24. The van der Waals surface area contributed by atoms with Crippen LogP contribution in [0.1, 0.15) is 19.3 Å². The molecule has 1 atom stereocenters. The van der Waals surface area contributed by atoms with Gasteiger partial charge in [0.15, 0.2) is 0 Å². The van der Waals surface area contributed by atoms with E-state index in [1.165, 1.54) is 18.2 Å². The van der Waals surface area contributed by atoms with Crippen LogP contribution in [-0.2, 0) is 14.8 Å². The lowest BCUT2D eigenvalue weighted by molar-refractivity contribution is 0.0940. The highest BCUT2D eigenvalue weighted by Crippen LogP contribution is 2.22. The van der Waals surface area contributed by atoms with Gasteiger partial charge in [0.05, 0.1) is 12.2 Å². The third kappa shape index (κ3) is 3.79. The molecular formula is C14H17FN2O3S. The molecule has 0 amide bonds. The van der Waals surface area contributed by atoms with E-state index in [9.17, 15) is 12.8 Å². The number of benzene rings is 1. The highest BCUT2D eigenvalue weighted by molar-refractivity contribution is 7.89. The molecule has 7 heteroatoms. The third-order valence-electron chi connectivity index (χ3n) is 3.36. The second-order valence-corrected chi connectivity index (χ2v) is 6.74. The van der Waals surface area contributed by atoms with Crippen LogP contribution in [0.4, 0.5) is 4.39 Å². The monoisotopic (exact) mass is 312 g/mol. The topological polar surface area (TPSA) is 70.4 Å². The van der Waals surface area contributed by atoms with E-state index in [0.29, 0.717) is 6.61 Å². The van der Waals surface area contributed by atoms with E-state index in [-0.39, 0.29) is 30.5 Å². The molecule has 5 nitrogen and oxygen atoms in total. The Morgan fingerprint density at radius 3 is 2.81 bits per heavy atom. The zero-order valence-electron chi connectivity index (χ0n) is 11.5. The standard InChI is InChI=1S/C14H17FN2O3S/c15-13-6-1-2-7-14(13)21(18,19)17(9-4-8-16)11-12-5-3-10-20-12/h1-2,6-7,12H,3-5,9-11H2. The Bertz CT molecular complexity index is 621. The van der Waals surface area contributed by atoms with Crippen LogP contribution in [0, 0.1) is 17.1 Å². The molecule has 0 radical (unpaired) electrons. The average Bonchev–Trinajstić information content (AvgIpc) is 2.96. The molecule has 1 aliphatic heterocycles. The number of ether oxygens (including phenoxy) is 1. The smallest absolute Gasteiger partial charge is 0.246 e. The molecule has 0 aliphatic carbocycles. The van der Waals surface area contributed by atoms with Crippen LogP contribution >= 0.6 is 0 Å². The maximum atomic E-state index is 13.8. The third-order valence-corrected chi connectivity index (χ3v) is 5.26. The highest BCUT2D eigenvalue weighted by Gasteiger charge is 2.30. The first kappa shape index (κ1) is 15.9. The quantitative estimate of drug-likeness (QED) is 0.804. The van der Waals surface area contributed by atoms with Crippen LogP contribution in [0.5, 0.6) is 0 Å². The maximum absolute atomic E-state index is 13.8. The first-order valence-electron chi connectivity index (χ1n) is 6.79. The SMILES string of the molecule is N#CCCN(CC1CCCO1)S(=O)(=O)c1ccccc1F. The largest absolute Gasteiger partial charge is 0.377 e. The van der Waals surface area contributed by atoms with Gasteiger partial charge in [-0.25, -0.2) is 12.8 Å². The first-order valence-corrected chi connectivity index (χ1v) is 8.23. The van der Waals surface area contributed by atoms with Crippen molar-refractivity contribution in [2.45, 2.75) is 30.3 Å². The summed E-state index contributed by atoms with van der Waals surface area (Å²) in [6, 6.07) is 7.18. The maximum Gasteiger partial charge on any atom is 0.246 e. The molecule has 2 rings (SSSR count). The van der Waals surface area contributed by atoms with Crippen LogP contribution in [-0.4, -0.2) is 38.5 Å². The van der Waals surface area contributed by atoms with Gasteiger partial charge in [0.1, 0.15) is 10.7 Å². The summed E-state index contributed by atoms with van der Waals surface area (Å²) in [5.74, 6) is -0.785. The Hall–Kier alpha value is -1.49. The normalized spacial score (nSPS) is 18.8. The van der Waals surface area contributed by atoms with Gasteiger partial charge in [-0.15, -0.1) is 0 Å². The molecule has 1 aliphatic rings. The minimum atomic E-state index is -3.96. The Balaban J connectivity index is 2.25. The van der Waals surface area contributed by atoms with E-state index in [2.05, 4.69) is 0 Å². The molecule has 21 heavy (non-hydrogen) atoms. The lowest BCUT2D eigenvalue weighted by Crippen LogP contribution is -2.38. The molecule has 0 N–H and O–H groups in total. The van der Waals surface area contributed by atoms with Crippen molar-refractivity contribution in [3.8, 4) is 6.07 Å². The molecule has 1 saturated heterocycles. The van der Waals surface area contributed by atoms with Gasteiger partial charge in [-0.05, 0) is 25.0 Å². The predicted octanol–water partition coefficient (Wildman–Crippen LogP) is 1.91. The predicted molar refractivity (Wildman–Crippen MR) is 74.4 cm³/mol. The number of hydrogen-bond donors (Lipinski definition) is 0. The summed E-state index contributed by atoms with van der Waals surface area (Å²) in [4.78, 5) is -0.360. The number of halogens is 1. The van der Waals surface area contributed by atoms with Crippen molar-refractivity contribution in [1.29, 1.82) is 5.26 Å². The summed E-state index contributed by atoms with van der Waals surface area (Å²) in [5, 5.41) is 8.69. The van der Waals surface area contributed by atoms with Crippen LogP contribution in [0.25, 0.3) is 0 Å². The van der Waals surface area contributed by atoms with Crippen molar-refractivity contribution in [1.82, 2.24) is 4.31 Å². The highest BCUT2D eigenvalue weighted by atomic mass is 32.2. The van der Waals surface area contributed by atoms with Crippen molar-refractivity contribution in [2.24, 2.45) is 0 Å². The average molecular weight is 312 g/mol. The molecule has 0 bridgehead atoms. The molecule has 1 heterocycles. The zero-order valence-corrected chi connectivity index (χ0v) is 12.4. The van der Waals surface area contributed by atoms with Gasteiger partial charge < -0.3 is 4.74 Å². The van der Waals surface area contributed by atoms with Crippen molar-refractivity contribution in [3.05, 3.63) is 30.1 Å². The molecule has 0 spiro atoms. The van der Waals surface area contributed by atoms with Gasteiger partial charge in [-0.1, -0.05) is 12.1 Å². The second-order valence-electron chi connectivity index (χ2n) is 4.84. The fraction of sp³-hybridized carbons (Fsp3) is 0.500. The first-order chi connectivity index (χ1) is 10.1. The molecule has 0 aromatic heterocycles. The van der Waals surface area contributed by atoms with Gasteiger partial charge in [0, 0.05) is 26.1 Å². The van der Waals surface area contributed by atoms with E-state index < -0.39 is 15.8 Å². The van der Waals surface area contributed by atoms with Gasteiger partial charge in [-0.2, -0.15) is 9.57 Å². The van der Waals surface area contributed by atoms with Gasteiger partial charge in [0.25, 0.3) is 0 Å². The van der Waals surface area contributed by atoms with Gasteiger partial charge in [-0.3, -0.25) is 0 Å². The summed E-state index contributed by atoms with van der Waals surface area (Å²) in [5.41, 5.74) is 0. The van der Waals surface area contributed by atoms with E-state index >= 15 is 0 Å². The van der Waals surface area contributed by atoms with Crippen LogP contribution in [0.3, 0.4) is 0 Å². The Morgan fingerprint density at radius 2 is 2.19 bits per heavy atom. The van der Waals surface area contributed by atoms with Crippen molar-refractivity contribution in [3.63, 3.8) is 0 Å². The molecule has 114 valence electrons. The van der Waals surface area contributed by atoms with Gasteiger partial charge in [0.2, 0.25) is 10.0 Å². The Kier molecular flexibility index (Phi) is 5.28. The summed E-state index contributed by atoms with van der Waals surface area (Å²) in [6.07, 6.45) is 1.53. The molecule has 1 unspecified atom stereocenters. The number of sulfonamides is 1. The van der Waals surface area contributed by atoms with Crippen molar-refractivity contribution < 1.29 is 17.5 Å². The summed E-state index contributed by atoms with van der Waals surface area (Å²) < 4.78 is 45.5. The zero-order chi connectivity index (χ0) is 15.3. The number of nitrogens with zero attached hydrogens (tertiary/aromatic N) is 2. The molecule has 1 aromatic carbocycles. The van der Waals surface area contributed by atoms with Crippen molar-refractivity contribution in [2.75, 3.05) is 19.7 Å². The summed E-state index contributed by atoms with van der Waals surface area (Å²) in [7, 11) is -3.96. The summed E-state index contributed by atoms with van der Waals surface area (Å²) in [6.45, 7) is 0.794. The van der Waals surface area contributed by atoms with E-state index in [1.54, 1.807) is 0 Å². The molecule has 1 aromatic rings. The van der Waals surface area contributed by atoms with Crippen molar-refractivity contribution >= 4 is 10.0 Å². The molecular weight excluding hydrogens is 295 g/mol.